The minimum Gasteiger partial charge on any atom is -0.457 e. The fraction of sp³-hybridized carbons (Fsp3) is 0.771. The van der Waals surface area contributed by atoms with Gasteiger partial charge in [0.15, 0.2) is 23.7 Å². The van der Waals surface area contributed by atoms with Crippen molar-refractivity contribution >= 4 is 23.7 Å². The number of carbonyl (C=O) groups is 4. The van der Waals surface area contributed by atoms with Crippen LogP contribution in [0.15, 0.2) is 23.8 Å². The van der Waals surface area contributed by atoms with Crippen molar-refractivity contribution in [3.8, 4) is 0 Å². The molecule has 8 nitrogen and oxygen atoms in total. The summed E-state index contributed by atoms with van der Waals surface area (Å²) in [5.41, 5.74) is -7.19. The van der Waals surface area contributed by atoms with E-state index in [4.69, 9.17) is 14.2 Å². The summed E-state index contributed by atoms with van der Waals surface area (Å²) in [5.74, 6) is -3.59. The molecule has 0 aromatic rings. The fourth-order valence-corrected chi connectivity index (χ4v) is 9.80. The van der Waals surface area contributed by atoms with E-state index in [1.54, 1.807) is 13.8 Å². The molecule has 45 heavy (non-hydrogen) atoms. The molecular formula is C35H48F2O8. The number of Topliss-reactive ketones (excluding diaryl/α,β-unsaturated/α-hetero) is 1. The highest BCUT2D eigenvalue weighted by Crippen LogP contribution is 2.71. The molecule has 4 saturated carbocycles. The zero-order valence-corrected chi connectivity index (χ0v) is 26.9. The number of hydrogen-bond donors (Lipinski definition) is 1. The number of alkyl halides is 2. The van der Waals surface area contributed by atoms with Gasteiger partial charge < -0.3 is 19.3 Å². The van der Waals surface area contributed by atoms with Gasteiger partial charge in [-0.25, -0.2) is 13.6 Å². The molecule has 5 aliphatic rings. The molecule has 5 rings (SSSR count). The molecule has 0 heterocycles. The van der Waals surface area contributed by atoms with E-state index >= 15 is 8.78 Å². The maximum absolute atomic E-state index is 17.6. The van der Waals surface area contributed by atoms with Crippen molar-refractivity contribution in [3.63, 3.8) is 0 Å². The summed E-state index contributed by atoms with van der Waals surface area (Å²) in [7, 11) is 0. The van der Waals surface area contributed by atoms with Gasteiger partial charge in [-0.2, -0.15) is 0 Å². The minimum atomic E-state index is -2.35. The van der Waals surface area contributed by atoms with Crippen LogP contribution in [0.5, 0.6) is 0 Å². The summed E-state index contributed by atoms with van der Waals surface area (Å²) in [6.45, 7) is 6.27. The lowest BCUT2D eigenvalue weighted by Gasteiger charge is -2.63. The Hall–Kier alpha value is -2.62. The van der Waals surface area contributed by atoms with Gasteiger partial charge >= 0.3 is 12.1 Å². The normalized spacial score (nSPS) is 40.6. The third kappa shape index (κ3) is 5.36. The molecule has 0 aliphatic heterocycles. The lowest BCUT2D eigenvalue weighted by atomic mass is 9.44. The van der Waals surface area contributed by atoms with Crippen LogP contribution < -0.4 is 0 Å². The lowest BCUT2D eigenvalue weighted by Crippen LogP contribution is -2.71. The van der Waals surface area contributed by atoms with E-state index in [1.807, 2.05) is 6.92 Å². The summed E-state index contributed by atoms with van der Waals surface area (Å²) in [6.07, 6.45) is 5.55. The van der Waals surface area contributed by atoms with Crippen LogP contribution in [-0.2, 0) is 28.6 Å². The smallest absolute Gasteiger partial charge is 0.457 e. The lowest BCUT2D eigenvalue weighted by molar-refractivity contribution is -0.226. The molecule has 1 N–H and O–H groups in total. The molecule has 0 radical (unpaired) electrons. The third-order valence-corrected chi connectivity index (χ3v) is 12.1. The predicted molar refractivity (Wildman–Crippen MR) is 160 cm³/mol. The van der Waals surface area contributed by atoms with Gasteiger partial charge in [0, 0.05) is 29.1 Å². The summed E-state index contributed by atoms with van der Waals surface area (Å²) in [5, 5.41) is 11.7. The third-order valence-electron chi connectivity index (χ3n) is 12.1. The zero-order chi connectivity index (χ0) is 32.8. The van der Waals surface area contributed by atoms with Crippen LogP contribution in [0.3, 0.4) is 0 Å². The first kappa shape index (κ1) is 33.7. The molecule has 4 fully saturated rings. The van der Waals surface area contributed by atoms with Crippen molar-refractivity contribution in [1.29, 1.82) is 0 Å². The molecule has 0 saturated heterocycles. The molecule has 0 amide bonds. The summed E-state index contributed by atoms with van der Waals surface area (Å²) >= 11 is 0. The van der Waals surface area contributed by atoms with Gasteiger partial charge in [-0.3, -0.25) is 14.4 Å². The van der Waals surface area contributed by atoms with E-state index < -0.39 is 82.4 Å². The SMILES string of the molecule is CCCCOC(=O)O[C@]1(C(=O)COC(=O)CCC2CCCC2)[C@H](C)C[C@H]2[C@@H]3C[C@H](F)C4=CC(=O)C=C[C@]4(C)[C@@]3(F)[C@@H](O)C[C@@]21C. The number of rotatable bonds is 10. The van der Waals surface area contributed by atoms with E-state index in [9.17, 15) is 24.3 Å². The van der Waals surface area contributed by atoms with Gasteiger partial charge in [0.1, 0.15) is 6.17 Å². The van der Waals surface area contributed by atoms with Crippen LogP contribution in [0.25, 0.3) is 0 Å². The van der Waals surface area contributed by atoms with E-state index in [0.717, 1.165) is 38.2 Å². The second kappa shape index (κ2) is 12.5. The first-order chi connectivity index (χ1) is 21.2. The van der Waals surface area contributed by atoms with Gasteiger partial charge in [-0.05, 0) is 68.6 Å². The minimum absolute atomic E-state index is 0.00468. The highest BCUT2D eigenvalue weighted by atomic mass is 19.1. The average molecular weight is 635 g/mol. The Labute approximate surface area is 264 Å². The number of carbonyl (C=O) groups excluding carboxylic acids is 4. The fourth-order valence-electron chi connectivity index (χ4n) is 9.80. The maximum Gasteiger partial charge on any atom is 0.509 e. The van der Waals surface area contributed by atoms with E-state index in [0.29, 0.717) is 18.8 Å². The Kier molecular flexibility index (Phi) is 9.39. The van der Waals surface area contributed by atoms with Crippen molar-refractivity contribution < 1.29 is 47.3 Å². The monoisotopic (exact) mass is 634 g/mol. The van der Waals surface area contributed by atoms with Gasteiger partial charge in [0.25, 0.3) is 0 Å². The van der Waals surface area contributed by atoms with E-state index in [1.165, 1.54) is 19.1 Å². The summed E-state index contributed by atoms with van der Waals surface area (Å²) in [4.78, 5) is 52.3. The van der Waals surface area contributed by atoms with Crippen molar-refractivity contribution in [3.05, 3.63) is 23.8 Å². The molecule has 10 heteroatoms. The van der Waals surface area contributed by atoms with Crippen molar-refractivity contribution in [2.45, 2.75) is 122 Å². The van der Waals surface area contributed by atoms with Crippen LogP contribution in [0.4, 0.5) is 13.6 Å². The molecule has 0 spiro atoms. The Balaban J connectivity index is 1.46. The molecule has 0 aromatic heterocycles. The highest BCUT2D eigenvalue weighted by Gasteiger charge is 2.78. The van der Waals surface area contributed by atoms with Crippen molar-refractivity contribution in [1.82, 2.24) is 0 Å². The number of halogens is 2. The standard InChI is InChI=1S/C35H48F2O8/c1-5-6-15-43-31(42)45-35(29(40)20-44-30(41)12-11-22-9-7-8-10-22)21(2)16-24-25-18-27(36)26-17-23(38)13-14-32(26,3)34(25,37)28(39)19-33(24,35)4/h13-14,17,21-22,24-25,27-28,39H,5-12,15-16,18-20H2,1-4H3/t21-,24+,25+,27+,28+,32+,33+,34+,35+/m1/s1. The quantitative estimate of drug-likeness (QED) is 0.219. The molecule has 0 aromatic carbocycles. The number of esters is 1. The molecule has 0 bridgehead atoms. The zero-order valence-electron chi connectivity index (χ0n) is 26.9. The van der Waals surface area contributed by atoms with E-state index in [-0.39, 0.29) is 37.9 Å². The second-order valence-corrected chi connectivity index (χ2v) is 14.6. The van der Waals surface area contributed by atoms with Crippen LogP contribution in [0.1, 0.15) is 98.3 Å². The number of aliphatic hydroxyl groups excluding tert-OH is 1. The van der Waals surface area contributed by atoms with Crippen LogP contribution in [0.2, 0.25) is 0 Å². The highest BCUT2D eigenvalue weighted by molar-refractivity contribution is 6.01. The van der Waals surface area contributed by atoms with Crippen molar-refractivity contribution in [2.24, 2.45) is 34.5 Å². The number of allylic oxidation sites excluding steroid dienone is 4. The Morgan fingerprint density at radius 1 is 1.09 bits per heavy atom. The maximum atomic E-state index is 17.6. The van der Waals surface area contributed by atoms with Crippen LogP contribution >= 0.6 is 0 Å². The van der Waals surface area contributed by atoms with Gasteiger partial charge in [0.2, 0.25) is 5.78 Å². The number of fused-ring (bicyclic) bond motifs is 5. The molecular weight excluding hydrogens is 586 g/mol. The second-order valence-electron chi connectivity index (χ2n) is 14.6. The molecule has 9 atom stereocenters. The van der Waals surface area contributed by atoms with Gasteiger partial charge in [-0.1, -0.05) is 59.0 Å². The largest absolute Gasteiger partial charge is 0.509 e. The average Bonchev–Trinajstić information content (AvgIpc) is 3.59. The number of ether oxygens (including phenoxy) is 3. The molecule has 0 unspecified atom stereocenters. The molecule has 5 aliphatic carbocycles. The summed E-state index contributed by atoms with van der Waals surface area (Å²) in [6, 6.07) is 0. The number of hydrogen-bond acceptors (Lipinski definition) is 8. The van der Waals surface area contributed by atoms with Gasteiger partial charge in [0.05, 0.1) is 12.7 Å². The Morgan fingerprint density at radius 3 is 2.49 bits per heavy atom. The van der Waals surface area contributed by atoms with E-state index in [2.05, 4.69) is 0 Å². The number of unbranched alkanes of at least 4 members (excludes halogenated alkanes) is 1. The first-order valence-electron chi connectivity index (χ1n) is 16.8. The summed E-state index contributed by atoms with van der Waals surface area (Å²) < 4.78 is 50.3. The predicted octanol–water partition coefficient (Wildman–Crippen LogP) is 6.33. The topological polar surface area (TPSA) is 116 Å². The number of aliphatic hydroxyl groups is 1. The molecule has 250 valence electrons. The first-order valence-corrected chi connectivity index (χ1v) is 16.8. The van der Waals surface area contributed by atoms with Crippen LogP contribution in [0, 0.1) is 34.5 Å². The number of ketones is 2. The Morgan fingerprint density at radius 2 is 1.80 bits per heavy atom. The van der Waals surface area contributed by atoms with Gasteiger partial charge in [-0.15, -0.1) is 0 Å². The van der Waals surface area contributed by atoms with Crippen molar-refractivity contribution in [2.75, 3.05) is 13.2 Å². The Bertz CT molecular complexity index is 1260. The van der Waals surface area contributed by atoms with Crippen LogP contribution in [-0.4, -0.2) is 65.6 Å².